The molecule has 21 heavy (non-hydrogen) atoms. The highest BCUT2D eigenvalue weighted by atomic mass is 16.4. The number of anilines is 1. The van der Waals surface area contributed by atoms with Gasteiger partial charge in [0.2, 0.25) is 0 Å². The van der Waals surface area contributed by atoms with Crippen molar-refractivity contribution in [2.45, 2.75) is 6.54 Å². The summed E-state index contributed by atoms with van der Waals surface area (Å²) >= 11 is 0. The summed E-state index contributed by atoms with van der Waals surface area (Å²) in [6, 6.07) is 18.7. The second-order valence-electron chi connectivity index (χ2n) is 4.72. The van der Waals surface area contributed by atoms with Gasteiger partial charge in [-0.05, 0) is 17.7 Å². The molecule has 0 aliphatic rings. The molecule has 0 atom stereocenters. The molecule has 0 spiro atoms. The van der Waals surface area contributed by atoms with Gasteiger partial charge in [-0.25, -0.2) is 9.78 Å². The smallest absolute Gasteiger partial charge is 0.336 e. The Hall–Kier alpha value is -2.88. The van der Waals surface area contributed by atoms with Crippen molar-refractivity contribution < 1.29 is 9.90 Å². The molecular weight excluding hydrogens is 264 g/mol. The van der Waals surface area contributed by atoms with Crippen molar-refractivity contribution in [2.75, 3.05) is 5.32 Å². The Morgan fingerprint density at radius 2 is 1.76 bits per heavy atom. The minimum atomic E-state index is -0.948. The number of hydrogen-bond acceptors (Lipinski definition) is 3. The molecule has 3 rings (SSSR count). The van der Waals surface area contributed by atoms with Crippen molar-refractivity contribution in [1.82, 2.24) is 4.98 Å². The molecule has 0 saturated heterocycles. The Morgan fingerprint density at radius 3 is 2.52 bits per heavy atom. The van der Waals surface area contributed by atoms with Crippen LogP contribution in [0.3, 0.4) is 0 Å². The van der Waals surface area contributed by atoms with E-state index in [0.717, 1.165) is 5.56 Å². The van der Waals surface area contributed by atoms with E-state index in [0.29, 0.717) is 23.3 Å². The highest BCUT2D eigenvalue weighted by Crippen LogP contribution is 2.21. The molecule has 4 heteroatoms. The van der Waals surface area contributed by atoms with Gasteiger partial charge in [-0.15, -0.1) is 0 Å². The van der Waals surface area contributed by atoms with Gasteiger partial charge in [-0.3, -0.25) is 0 Å². The summed E-state index contributed by atoms with van der Waals surface area (Å²) in [5.41, 5.74) is 2.05. The predicted molar refractivity (Wildman–Crippen MR) is 82.5 cm³/mol. The minimum absolute atomic E-state index is 0.260. The van der Waals surface area contributed by atoms with E-state index in [1.54, 1.807) is 12.1 Å². The number of aromatic carboxylic acids is 1. The molecule has 2 N–H and O–H groups in total. The van der Waals surface area contributed by atoms with E-state index in [1.165, 1.54) is 0 Å². The number of carboxylic acid groups (broad SMARTS) is 1. The molecular formula is C17H14N2O2. The van der Waals surface area contributed by atoms with Crippen molar-refractivity contribution in [3.05, 3.63) is 71.8 Å². The molecule has 0 saturated carbocycles. The lowest BCUT2D eigenvalue weighted by Crippen LogP contribution is -2.05. The van der Waals surface area contributed by atoms with E-state index < -0.39 is 5.97 Å². The molecule has 1 heterocycles. The predicted octanol–water partition coefficient (Wildman–Crippen LogP) is 3.55. The first kappa shape index (κ1) is 13.1. The first-order valence-electron chi connectivity index (χ1n) is 6.65. The van der Waals surface area contributed by atoms with E-state index in [2.05, 4.69) is 10.3 Å². The molecule has 0 aliphatic carbocycles. The maximum atomic E-state index is 11.4. The maximum Gasteiger partial charge on any atom is 0.336 e. The third-order valence-corrected chi connectivity index (χ3v) is 3.26. The maximum absolute atomic E-state index is 11.4. The second kappa shape index (κ2) is 5.63. The lowest BCUT2D eigenvalue weighted by Gasteiger charge is -2.09. The van der Waals surface area contributed by atoms with E-state index in [9.17, 15) is 9.90 Å². The van der Waals surface area contributed by atoms with Crippen LogP contribution in [0.25, 0.3) is 10.9 Å². The molecule has 0 radical (unpaired) electrons. The zero-order valence-electron chi connectivity index (χ0n) is 11.3. The number of rotatable bonds is 4. The van der Waals surface area contributed by atoms with Crippen LogP contribution in [0.2, 0.25) is 0 Å². The summed E-state index contributed by atoms with van der Waals surface area (Å²) < 4.78 is 0. The van der Waals surface area contributed by atoms with Gasteiger partial charge in [-0.1, -0.05) is 48.5 Å². The average Bonchev–Trinajstić information content (AvgIpc) is 2.53. The van der Waals surface area contributed by atoms with Crippen molar-refractivity contribution in [2.24, 2.45) is 0 Å². The van der Waals surface area contributed by atoms with Gasteiger partial charge in [0.1, 0.15) is 5.82 Å². The van der Waals surface area contributed by atoms with Crippen molar-refractivity contribution in [1.29, 1.82) is 0 Å². The summed E-state index contributed by atoms with van der Waals surface area (Å²) in [6.45, 7) is 0.602. The fourth-order valence-electron chi connectivity index (χ4n) is 2.23. The van der Waals surface area contributed by atoms with Crippen molar-refractivity contribution >= 4 is 22.7 Å². The van der Waals surface area contributed by atoms with Gasteiger partial charge >= 0.3 is 5.97 Å². The van der Waals surface area contributed by atoms with Crippen molar-refractivity contribution in [3.63, 3.8) is 0 Å². The number of carboxylic acids is 1. The molecule has 0 bridgehead atoms. The quantitative estimate of drug-likeness (QED) is 0.766. The van der Waals surface area contributed by atoms with Crippen LogP contribution in [0.15, 0.2) is 60.7 Å². The first-order valence-corrected chi connectivity index (χ1v) is 6.65. The molecule has 0 aliphatic heterocycles. The van der Waals surface area contributed by atoms with E-state index in [1.807, 2.05) is 48.5 Å². The molecule has 2 aromatic carbocycles. The highest BCUT2D eigenvalue weighted by Gasteiger charge is 2.11. The lowest BCUT2D eigenvalue weighted by molar-refractivity contribution is 0.0699. The van der Waals surface area contributed by atoms with E-state index in [4.69, 9.17) is 0 Å². The number of para-hydroxylation sites is 1. The molecule has 1 aromatic heterocycles. The number of nitrogens with zero attached hydrogens (tertiary/aromatic N) is 1. The third kappa shape index (κ3) is 2.84. The average molecular weight is 278 g/mol. The number of fused-ring (bicyclic) bond motifs is 1. The first-order chi connectivity index (χ1) is 10.2. The number of benzene rings is 2. The normalized spacial score (nSPS) is 10.5. The number of pyridine rings is 1. The van der Waals surface area contributed by atoms with E-state index >= 15 is 0 Å². The molecule has 3 aromatic rings. The Kier molecular flexibility index (Phi) is 3.51. The monoisotopic (exact) mass is 278 g/mol. The van der Waals surface area contributed by atoms with Crippen LogP contribution < -0.4 is 5.32 Å². The van der Waals surface area contributed by atoms with Gasteiger partial charge in [0.15, 0.2) is 0 Å². The fraction of sp³-hybridized carbons (Fsp3) is 0.0588. The molecule has 104 valence electrons. The third-order valence-electron chi connectivity index (χ3n) is 3.26. The van der Waals surface area contributed by atoms with Gasteiger partial charge < -0.3 is 10.4 Å². The zero-order chi connectivity index (χ0) is 14.7. The second-order valence-corrected chi connectivity index (χ2v) is 4.72. The summed E-state index contributed by atoms with van der Waals surface area (Å²) in [5, 5.41) is 13.2. The standard InChI is InChI=1S/C17H14N2O2/c20-17(21)14-10-16(18-11-12-6-2-1-3-7-12)19-15-9-5-4-8-13(14)15/h1-10H,11H2,(H,18,19)(H,20,21). The van der Waals surface area contributed by atoms with Crippen molar-refractivity contribution in [3.8, 4) is 0 Å². The van der Waals surface area contributed by atoms with Crippen LogP contribution in [-0.4, -0.2) is 16.1 Å². The van der Waals surface area contributed by atoms with Crippen LogP contribution in [0.1, 0.15) is 15.9 Å². The summed E-state index contributed by atoms with van der Waals surface area (Å²) in [4.78, 5) is 15.8. The van der Waals surface area contributed by atoms with Gasteiger partial charge in [0.05, 0.1) is 11.1 Å². The molecule has 0 unspecified atom stereocenters. The van der Waals surface area contributed by atoms with Crippen LogP contribution in [0.4, 0.5) is 5.82 Å². The van der Waals surface area contributed by atoms with Gasteiger partial charge in [0, 0.05) is 11.9 Å². The minimum Gasteiger partial charge on any atom is -0.478 e. The lowest BCUT2D eigenvalue weighted by atomic mass is 10.1. The van der Waals surface area contributed by atoms with Gasteiger partial charge in [0.25, 0.3) is 0 Å². The number of hydrogen-bond donors (Lipinski definition) is 2. The molecule has 0 amide bonds. The Balaban J connectivity index is 1.94. The number of carbonyl (C=O) groups is 1. The van der Waals surface area contributed by atoms with Crippen LogP contribution in [-0.2, 0) is 6.54 Å². The fourth-order valence-corrected chi connectivity index (χ4v) is 2.23. The Bertz CT molecular complexity index is 785. The SMILES string of the molecule is O=C(O)c1cc(NCc2ccccc2)nc2ccccc12. The Morgan fingerprint density at radius 1 is 1.05 bits per heavy atom. The number of aromatic nitrogens is 1. The topological polar surface area (TPSA) is 62.2 Å². The van der Waals surface area contributed by atoms with Crippen LogP contribution >= 0.6 is 0 Å². The Labute approximate surface area is 122 Å². The zero-order valence-corrected chi connectivity index (χ0v) is 11.3. The highest BCUT2D eigenvalue weighted by molar-refractivity contribution is 6.03. The summed E-state index contributed by atoms with van der Waals surface area (Å²) in [7, 11) is 0. The van der Waals surface area contributed by atoms with Crippen LogP contribution in [0, 0.1) is 0 Å². The summed E-state index contributed by atoms with van der Waals surface area (Å²) in [6.07, 6.45) is 0. The molecule has 0 fully saturated rings. The largest absolute Gasteiger partial charge is 0.478 e. The van der Waals surface area contributed by atoms with E-state index in [-0.39, 0.29) is 5.56 Å². The molecule has 4 nitrogen and oxygen atoms in total. The number of nitrogens with one attached hydrogen (secondary N) is 1. The summed E-state index contributed by atoms with van der Waals surface area (Å²) in [5.74, 6) is -0.383. The van der Waals surface area contributed by atoms with Gasteiger partial charge in [-0.2, -0.15) is 0 Å². The van der Waals surface area contributed by atoms with Crippen LogP contribution in [0.5, 0.6) is 0 Å².